The summed E-state index contributed by atoms with van der Waals surface area (Å²) in [4.78, 5) is 4.14. The van der Waals surface area contributed by atoms with E-state index in [0.29, 0.717) is 6.54 Å². The molecule has 2 aromatic heterocycles. The standard InChI is InChI=1S/C8H8N4S/c9-4-6-3-7(12-11-5-6)8-10-1-2-13-8/h1-3,5H,4,9H2. The second kappa shape index (κ2) is 3.59. The van der Waals surface area contributed by atoms with Gasteiger partial charge in [0.1, 0.15) is 10.7 Å². The average molecular weight is 192 g/mol. The molecule has 0 spiro atoms. The molecule has 2 N–H and O–H groups in total. The Hall–Kier alpha value is -1.33. The van der Waals surface area contributed by atoms with Crippen LogP contribution in [0.25, 0.3) is 10.7 Å². The Morgan fingerprint density at radius 2 is 2.38 bits per heavy atom. The summed E-state index contributed by atoms with van der Waals surface area (Å²) in [5.74, 6) is 0. The summed E-state index contributed by atoms with van der Waals surface area (Å²) in [6.45, 7) is 0.480. The molecule has 66 valence electrons. The lowest BCUT2D eigenvalue weighted by atomic mass is 10.2. The molecule has 0 aliphatic carbocycles. The van der Waals surface area contributed by atoms with Crippen molar-refractivity contribution in [3.8, 4) is 10.7 Å². The van der Waals surface area contributed by atoms with Crippen LogP contribution < -0.4 is 5.73 Å². The number of hydrogen-bond acceptors (Lipinski definition) is 5. The van der Waals surface area contributed by atoms with Gasteiger partial charge in [-0.25, -0.2) is 4.98 Å². The van der Waals surface area contributed by atoms with Crippen LogP contribution in [0.4, 0.5) is 0 Å². The van der Waals surface area contributed by atoms with Crippen LogP contribution in [0.5, 0.6) is 0 Å². The monoisotopic (exact) mass is 192 g/mol. The Bertz CT molecular complexity index is 385. The van der Waals surface area contributed by atoms with Crippen molar-refractivity contribution >= 4 is 11.3 Å². The van der Waals surface area contributed by atoms with Gasteiger partial charge < -0.3 is 5.73 Å². The fraction of sp³-hybridized carbons (Fsp3) is 0.125. The van der Waals surface area contributed by atoms with Crippen molar-refractivity contribution in [2.24, 2.45) is 5.73 Å². The zero-order chi connectivity index (χ0) is 9.10. The lowest BCUT2D eigenvalue weighted by Gasteiger charge is -1.96. The predicted molar refractivity (Wildman–Crippen MR) is 51.0 cm³/mol. The van der Waals surface area contributed by atoms with Crippen molar-refractivity contribution in [2.45, 2.75) is 6.54 Å². The lowest BCUT2D eigenvalue weighted by Crippen LogP contribution is -1.98. The summed E-state index contributed by atoms with van der Waals surface area (Å²) >= 11 is 1.54. The Morgan fingerprint density at radius 1 is 1.46 bits per heavy atom. The highest BCUT2D eigenvalue weighted by atomic mass is 32.1. The van der Waals surface area contributed by atoms with Gasteiger partial charge in [-0.15, -0.1) is 16.4 Å². The van der Waals surface area contributed by atoms with E-state index in [4.69, 9.17) is 5.73 Å². The first-order valence-corrected chi connectivity index (χ1v) is 4.69. The number of nitrogens with two attached hydrogens (primary N) is 1. The van der Waals surface area contributed by atoms with Gasteiger partial charge in [-0.2, -0.15) is 5.10 Å². The second-order valence-electron chi connectivity index (χ2n) is 2.49. The zero-order valence-corrected chi connectivity index (χ0v) is 7.66. The maximum Gasteiger partial charge on any atom is 0.143 e. The maximum absolute atomic E-state index is 5.49. The van der Waals surface area contributed by atoms with Gasteiger partial charge in [0.2, 0.25) is 0 Å². The van der Waals surface area contributed by atoms with Gasteiger partial charge in [0.05, 0.1) is 6.20 Å². The molecule has 0 radical (unpaired) electrons. The minimum atomic E-state index is 0.480. The first kappa shape index (κ1) is 8.28. The molecule has 0 bridgehead atoms. The molecular formula is C8H8N4S. The lowest BCUT2D eigenvalue weighted by molar-refractivity contribution is 0.970. The van der Waals surface area contributed by atoms with E-state index in [1.165, 1.54) is 0 Å². The molecule has 0 atom stereocenters. The summed E-state index contributed by atoms with van der Waals surface area (Å²) in [5.41, 5.74) is 7.25. The SMILES string of the molecule is NCc1cnnc(-c2nccs2)c1. The Kier molecular flexibility index (Phi) is 2.29. The minimum Gasteiger partial charge on any atom is -0.326 e. The minimum absolute atomic E-state index is 0.480. The van der Waals surface area contributed by atoms with Crippen molar-refractivity contribution in [2.75, 3.05) is 0 Å². The summed E-state index contributed by atoms with van der Waals surface area (Å²) in [5, 5.41) is 10.6. The molecule has 2 rings (SSSR count). The Morgan fingerprint density at radius 3 is 3.08 bits per heavy atom. The molecule has 5 heteroatoms. The highest BCUT2D eigenvalue weighted by Crippen LogP contribution is 2.18. The predicted octanol–water partition coefficient (Wildman–Crippen LogP) is 1.06. The molecule has 0 saturated carbocycles. The van der Waals surface area contributed by atoms with Crippen molar-refractivity contribution in [1.29, 1.82) is 0 Å². The number of nitrogens with zero attached hydrogens (tertiary/aromatic N) is 3. The molecule has 0 amide bonds. The van der Waals surface area contributed by atoms with E-state index in [-0.39, 0.29) is 0 Å². The quantitative estimate of drug-likeness (QED) is 0.772. The van der Waals surface area contributed by atoms with Gasteiger partial charge >= 0.3 is 0 Å². The van der Waals surface area contributed by atoms with Crippen molar-refractivity contribution in [3.05, 3.63) is 29.4 Å². The number of aromatic nitrogens is 3. The van der Waals surface area contributed by atoms with Crippen LogP contribution in [0, 0.1) is 0 Å². The van der Waals surface area contributed by atoms with Crippen molar-refractivity contribution in [1.82, 2.24) is 15.2 Å². The number of hydrogen-bond donors (Lipinski definition) is 1. The van der Waals surface area contributed by atoms with Gasteiger partial charge in [-0.05, 0) is 11.6 Å². The van der Waals surface area contributed by atoms with Gasteiger partial charge in [0.25, 0.3) is 0 Å². The molecular weight excluding hydrogens is 184 g/mol. The molecule has 0 aliphatic rings. The van der Waals surface area contributed by atoms with E-state index < -0.39 is 0 Å². The van der Waals surface area contributed by atoms with Crippen LogP contribution in [-0.2, 0) is 6.54 Å². The molecule has 0 saturated heterocycles. The molecule has 2 heterocycles. The van der Waals surface area contributed by atoms with Crippen LogP contribution in [0.1, 0.15) is 5.56 Å². The molecule has 2 aromatic rings. The largest absolute Gasteiger partial charge is 0.326 e. The van der Waals surface area contributed by atoms with E-state index in [2.05, 4.69) is 15.2 Å². The fourth-order valence-electron chi connectivity index (χ4n) is 0.973. The average Bonchev–Trinajstić information content (AvgIpc) is 2.71. The topological polar surface area (TPSA) is 64.7 Å². The van der Waals surface area contributed by atoms with E-state index in [0.717, 1.165) is 16.3 Å². The van der Waals surface area contributed by atoms with Gasteiger partial charge in [-0.1, -0.05) is 0 Å². The summed E-state index contributed by atoms with van der Waals surface area (Å²) in [6, 6.07) is 1.91. The third kappa shape index (κ3) is 1.71. The van der Waals surface area contributed by atoms with Crippen molar-refractivity contribution < 1.29 is 0 Å². The molecule has 4 nitrogen and oxygen atoms in total. The van der Waals surface area contributed by atoms with Crippen LogP contribution in [0.15, 0.2) is 23.8 Å². The normalized spacial score (nSPS) is 10.2. The first-order chi connectivity index (χ1) is 6.40. The molecule has 0 fully saturated rings. The third-order valence-electron chi connectivity index (χ3n) is 1.60. The Labute approximate surface area is 79.5 Å². The third-order valence-corrected chi connectivity index (χ3v) is 2.39. The van der Waals surface area contributed by atoms with Gasteiger partial charge in [-0.3, -0.25) is 0 Å². The fourth-order valence-corrected chi connectivity index (χ4v) is 1.57. The van der Waals surface area contributed by atoms with E-state index in [9.17, 15) is 0 Å². The molecule has 0 aromatic carbocycles. The summed E-state index contributed by atoms with van der Waals surface area (Å²) < 4.78 is 0. The van der Waals surface area contributed by atoms with Gasteiger partial charge in [0, 0.05) is 18.1 Å². The van der Waals surface area contributed by atoms with E-state index in [1.807, 2.05) is 11.4 Å². The smallest absolute Gasteiger partial charge is 0.143 e. The van der Waals surface area contributed by atoms with Crippen LogP contribution in [0.2, 0.25) is 0 Å². The van der Waals surface area contributed by atoms with Gasteiger partial charge in [0.15, 0.2) is 0 Å². The van der Waals surface area contributed by atoms with E-state index in [1.54, 1.807) is 23.7 Å². The number of rotatable bonds is 2. The Balaban J connectivity index is 2.41. The van der Waals surface area contributed by atoms with E-state index >= 15 is 0 Å². The molecule has 13 heavy (non-hydrogen) atoms. The molecule has 0 aliphatic heterocycles. The van der Waals surface area contributed by atoms with Crippen LogP contribution in [-0.4, -0.2) is 15.2 Å². The summed E-state index contributed by atoms with van der Waals surface area (Å²) in [7, 11) is 0. The molecule has 0 unspecified atom stereocenters. The first-order valence-electron chi connectivity index (χ1n) is 3.81. The highest BCUT2D eigenvalue weighted by molar-refractivity contribution is 7.13. The second-order valence-corrected chi connectivity index (χ2v) is 3.39. The van der Waals surface area contributed by atoms with Crippen molar-refractivity contribution in [3.63, 3.8) is 0 Å². The highest BCUT2D eigenvalue weighted by Gasteiger charge is 2.02. The number of thiazole rings is 1. The van der Waals surface area contributed by atoms with Crippen LogP contribution >= 0.6 is 11.3 Å². The zero-order valence-electron chi connectivity index (χ0n) is 6.84. The van der Waals surface area contributed by atoms with Crippen LogP contribution in [0.3, 0.4) is 0 Å². The summed E-state index contributed by atoms with van der Waals surface area (Å²) in [6.07, 6.45) is 3.41. The maximum atomic E-state index is 5.49.